The summed E-state index contributed by atoms with van der Waals surface area (Å²) in [7, 11) is 0. The fraction of sp³-hybridized carbons (Fsp3) is 1.00. The molecular weight excluding hydrogens is 393 g/mol. The van der Waals surface area contributed by atoms with E-state index in [1.54, 1.807) is 41.5 Å². The Morgan fingerprint density at radius 2 is 0.714 bits per heavy atom. The zero-order valence-electron chi connectivity index (χ0n) is 12.9. The van der Waals surface area contributed by atoms with Crippen molar-refractivity contribution in [1.82, 2.24) is 0 Å². The molecule has 0 aromatic heterocycles. The van der Waals surface area contributed by atoms with E-state index in [-0.39, 0.29) is 17.0 Å². The van der Waals surface area contributed by atoms with Crippen molar-refractivity contribution < 1.29 is 29.4 Å². The average Bonchev–Trinajstić information content (AvgIpc) is 2.14. The van der Waals surface area contributed by atoms with E-state index in [9.17, 15) is 9.79 Å². The minimum Gasteiger partial charge on any atom is -0.801 e. The second-order valence-corrected chi connectivity index (χ2v) is 16.3. The Kier molecular flexibility index (Phi) is 14.8. The normalized spacial score (nSPS) is 17.3. The summed E-state index contributed by atoms with van der Waals surface area (Å²) in [5.41, 5.74) is -0.715. The molecular formula is C9H25O6P3S3-2. The third kappa shape index (κ3) is 21.7. The number of hydrogen-bond acceptors (Lipinski definition) is 5. The van der Waals surface area contributed by atoms with Crippen LogP contribution in [0.1, 0.15) is 41.5 Å². The summed E-state index contributed by atoms with van der Waals surface area (Å²) in [6.45, 7) is 0.708. The van der Waals surface area contributed by atoms with Gasteiger partial charge in [-0.3, -0.25) is 0 Å². The fourth-order valence-corrected chi connectivity index (χ4v) is 0. The summed E-state index contributed by atoms with van der Waals surface area (Å²) >= 11 is 12.8. The van der Waals surface area contributed by atoms with Crippen LogP contribution >= 0.6 is 19.5 Å². The zero-order valence-corrected chi connectivity index (χ0v) is 18.0. The van der Waals surface area contributed by atoms with Crippen molar-refractivity contribution in [3.05, 3.63) is 0 Å². The lowest BCUT2D eigenvalue weighted by molar-refractivity contribution is -0.180. The summed E-state index contributed by atoms with van der Waals surface area (Å²) in [5, 5.41) is 0. The van der Waals surface area contributed by atoms with Gasteiger partial charge in [0.15, 0.2) is 6.49 Å². The largest absolute Gasteiger partial charge is 0.801 e. The summed E-state index contributed by atoms with van der Waals surface area (Å²) in [6.07, 6.45) is 0. The summed E-state index contributed by atoms with van der Waals surface area (Å²) in [6, 6.07) is 0. The molecule has 0 aliphatic heterocycles. The molecule has 0 heterocycles. The molecule has 0 aromatic carbocycles. The first-order valence-electron chi connectivity index (χ1n) is 5.95. The van der Waals surface area contributed by atoms with Crippen molar-refractivity contribution in [2.24, 2.45) is 0 Å². The van der Waals surface area contributed by atoms with Gasteiger partial charge < -0.3 is 29.4 Å². The van der Waals surface area contributed by atoms with Gasteiger partial charge in [0.05, 0.1) is 0 Å². The Hall–Kier alpha value is 1.71. The molecule has 0 saturated carbocycles. The number of hydrogen-bond donors (Lipinski definition) is 4. The molecule has 0 aliphatic rings. The van der Waals surface area contributed by atoms with Crippen LogP contribution in [0.2, 0.25) is 0 Å². The lowest BCUT2D eigenvalue weighted by Crippen LogP contribution is -2.08. The van der Waals surface area contributed by atoms with Gasteiger partial charge in [-0.25, -0.2) is 0 Å². The minimum atomic E-state index is -3.15. The van der Waals surface area contributed by atoms with Crippen LogP contribution in [-0.2, 0) is 35.4 Å². The van der Waals surface area contributed by atoms with Gasteiger partial charge in [-0.1, -0.05) is 65.2 Å². The van der Waals surface area contributed by atoms with Crippen molar-refractivity contribution in [2.45, 2.75) is 58.5 Å². The van der Waals surface area contributed by atoms with Gasteiger partial charge in [-0.15, -0.1) is 0 Å². The Balaban J connectivity index is -0.000000231. The quantitative estimate of drug-likeness (QED) is 0.492. The van der Waals surface area contributed by atoms with Crippen molar-refractivity contribution >= 4 is 54.9 Å². The van der Waals surface area contributed by atoms with Gasteiger partial charge in [0.1, 0.15) is 0 Å². The van der Waals surface area contributed by atoms with E-state index >= 15 is 0 Å². The van der Waals surface area contributed by atoms with Crippen LogP contribution in [0, 0.1) is 0 Å². The molecule has 0 saturated heterocycles. The Morgan fingerprint density at radius 1 is 0.619 bits per heavy atom. The third-order valence-corrected chi connectivity index (χ3v) is 9.73. The molecule has 0 bridgehead atoms. The van der Waals surface area contributed by atoms with E-state index in [1.165, 1.54) is 0 Å². The van der Waals surface area contributed by atoms with Crippen LogP contribution in [0.5, 0.6) is 0 Å². The van der Waals surface area contributed by atoms with E-state index in [4.69, 9.17) is 19.6 Å². The molecule has 4 N–H and O–H groups in total. The van der Waals surface area contributed by atoms with Crippen LogP contribution in [0.4, 0.5) is 0 Å². The third-order valence-electron chi connectivity index (χ3n) is 1.98. The molecule has 0 aliphatic carbocycles. The zero-order chi connectivity index (χ0) is 18.2. The van der Waals surface area contributed by atoms with Crippen LogP contribution in [0.3, 0.4) is 0 Å². The smallest absolute Gasteiger partial charge is 0.186 e. The van der Waals surface area contributed by atoms with E-state index in [0.29, 0.717) is 0 Å². The van der Waals surface area contributed by atoms with Gasteiger partial charge in [0.25, 0.3) is 0 Å². The first-order chi connectivity index (χ1) is 8.83. The first-order valence-corrected chi connectivity index (χ1v) is 14.2. The predicted molar refractivity (Wildman–Crippen MR) is 97.1 cm³/mol. The van der Waals surface area contributed by atoms with Crippen molar-refractivity contribution in [3.8, 4) is 0 Å². The minimum absolute atomic E-state index is 0.164. The van der Waals surface area contributed by atoms with E-state index in [0.717, 1.165) is 0 Å². The lowest BCUT2D eigenvalue weighted by atomic mass is 10.6. The molecule has 132 valence electrons. The molecule has 0 aromatic rings. The van der Waals surface area contributed by atoms with Crippen molar-refractivity contribution in [3.63, 3.8) is 0 Å². The van der Waals surface area contributed by atoms with Crippen LogP contribution in [0.25, 0.3) is 0 Å². The highest BCUT2D eigenvalue weighted by atomic mass is 32.5. The molecule has 21 heavy (non-hydrogen) atoms. The summed E-state index contributed by atoms with van der Waals surface area (Å²) in [5.74, 6) is 0. The summed E-state index contributed by atoms with van der Waals surface area (Å²) in [4.78, 5) is 54.7. The van der Waals surface area contributed by atoms with Crippen LogP contribution < -0.4 is 9.79 Å². The number of rotatable bonds is 3. The molecule has 6 nitrogen and oxygen atoms in total. The van der Waals surface area contributed by atoms with Crippen LogP contribution in [0.15, 0.2) is 0 Å². The molecule has 2 unspecified atom stereocenters. The monoisotopic (exact) mass is 418 g/mol. The van der Waals surface area contributed by atoms with E-state index < -0.39 is 19.5 Å². The Labute approximate surface area is 142 Å². The highest BCUT2D eigenvalue weighted by Gasteiger charge is 2.11. The van der Waals surface area contributed by atoms with Gasteiger partial charge in [-0.2, -0.15) is 0 Å². The lowest BCUT2D eigenvalue weighted by Gasteiger charge is -2.24. The van der Waals surface area contributed by atoms with Crippen LogP contribution in [-0.4, -0.2) is 36.6 Å². The average molecular weight is 418 g/mol. The fourth-order valence-electron chi connectivity index (χ4n) is 0. The molecule has 0 radical (unpaired) electrons. The molecule has 0 amide bonds. The van der Waals surface area contributed by atoms with Gasteiger partial charge >= 0.3 is 0 Å². The van der Waals surface area contributed by atoms with Crippen molar-refractivity contribution in [2.75, 3.05) is 0 Å². The maximum Gasteiger partial charge on any atom is 0.186 e. The van der Waals surface area contributed by atoms with Gasteiger partial charge in [0, 0.05) is 5.66 Å². The SMILES string of the molecule is CC(C)P(O)(O)=S.CC(C)P([O-])(O)=S.CC(C)P([O-])(O)=S. The highest BCUT2D eigenvalue weighted by Crippen LogP contribution is 2.40. The summed E-state index contributed by atoms with van der Waals surface area (Å²) < 4.78 is 0. The Bertz CT molecular complexity index is 347. The molecule has 0 spiro atoms. The first kappa shape index (κ1) is 27.6. The van der Waals surface area contributed by atoms with Gasteiger partial charge in [-0.05, 0) is 36.1 Å². The van der Waals surface area contributed by atoms with Gasteiger partial charge in [0.2, 0.25) is 0 Å². The maximum atomic E-state index is 10.3. The molecule has 0 fully saturated rings. The topological polar surface area (TPSA) is 127 Å². The predicted octanol–water partition coefficient (Wildman–Crippen LogP) is 0.803. The second kappa shape index (κ2) is 11.3. The standard InChI is InChI=1S/3C3H9O2PS/c3*1-3(2)6(4,5)7/h3*3H,1-2H3,(H2,4,5,7)/p-2. The van der Waals surface area contributed by atoms with E-state index in [1.807, 2.05) is 0 Å². The highest BCUT2D eigenvalue weighted by molar-refractivity contribution is 8.09. The second-order valence-electron chi connectivity index (χ2n) is 5.00. The molecule has 2 atom stereocenters. The molecule has 12 heteroatoms. The van der Waals surface area contributed by atoms with E-state index in [2.05, 4.69) is 35.4 Å². The van der Waals surface area contributed by atoms with Crippen molar-refractivity contribution in [1.29, 1.82) is 0 Å². The maximum absolute atomic E-state index is 10.3. The molecule has 0 rings (SSSR count). The Morgan fingerprint density at radius 3 is 0.714 bits per heavy atom.